The van der Waals surface area contributed by atoms with Gasteiger partial charge in [0.1, 0.15) is 11.3 Å². The summed E-state index contributed by atoms with van der Waals surface area (Å²) >= 11 is 7.08. The van der Waals surface area contributed by atoms with E-state index in [4.69, 9.17) is 21.4 Å². The minimum Gasteiger partial charge on any atom is -0.483 e. The number of aromatic carboxylic acids is 1. The number of rotatable bonds is 5. The zero-order valence-corrected chi connectivity index (χ0v) is 12.5. The number of carbonyl (C=O) groups excluding carboxylic acids is 1. The summed E-state index contributed by atoms with van der Waals surface area (Å²) in [5.74, 6) is -1.54. The number of benzene rings is 1. The number of aryl methyl sites for hydroxylation is 1. The van der Waals surface area contributed by atoms with Gasteiger partial charge in [0.25, 0.3) is 5.91 Å². The molecule has 0 atom stereocenters. The van der Waals surface area contributed by atoms with E-state index in [9.17, 15) is 9.59 Å². The van der Waals surface area contributed by atoms with Gasteiger partial charge in [-0.05, 0) is 25.1 Å². The number of aromatic nitrogens is 1. The van der Waals surface area contributed by atoms with E-state index in [1.165, 1.54) is 29.5 Å². The third-order valence-corrected chi connectivity index (χ3v) is 3.51. The third kappa shape index (κ3) is 4.17. The number of anilines is 1. The van der Waals surface area contributed by atoms with Crippen LogP contribution in [-0.2, 0) is 4.79 Å². The Balaban J connectivity index is 2.00. The van der Waals surface area contributed by atoms with E-state index < -0.39 is 11.9 Å². The number of carboxylic acid groups (broad SMARTS) is 1. The van der Waals surface area contributed by atoms with Gasteiger partial charge in [0.05, 0.1) is 5.69 Å². The van der Waals surface area contributed by atoms with E-state index in [0.29, 0.717) is 10.2 Å². The summed E-state index contributed by atoms with van der Waals surface area (Å²) in [4.78, 5) is 26.8. The predicted octanol–water partition coefficient (Wildman–Crippen LogP) is 2.82. The second-order valence-electron chi connectivity index (χ2n) is 4.08. The number of carboxylic acids is 1. The van der Waals surface area contributed by atoms with Crippen LogP contribution in [-0.4, -0.2) is 28.6 Å². The molecule has 0 unspecified atom stereocenters. The molecule has 0 spiro atoms. The molecule has 6 nitrogen and oxygen atoms in total. The van der Waals surface area contributed by atoms with Gasteiger partial charge in [-0.3, -0.25) is 10.1 Å². The molecule has 0 aliphatic rings. The van der Waals surface area contributed by atoms with Gasteiger partial charge >= 0.3 is 5.97 Å². The third-order valence-electron chi connectivity index (χ3n) is 2.40. The van der Waals surface area contributed by atoms with E-state index in [1.54, 1.807) is 5.38 Å². The van der Waals surface area contributed by atoms with Crippen LogP contribution in [0, 0.1) is 6.92 Å². The molecule has 21 heavy (non-hydrogen) atoms. The van der Waals surface area contributed by atoms with Crippen LogP contribution in [0.5, 0.6) is 5.75 Å². The van der Waals surface area contributed by atoms with Crippen molar-refractivity contribution in [2.24, 2.45) is 0 Å². The van der Waals surface area contributed by atoms with E-state index >= 15 is 0 Å². The van der Waals surface area contributed by atoms with Gasteiger partial charge in [-0.25, -0.2) is 9.78 Å². The first-order valence-corrected chi connectivity index (χ1v) is 7.09. The summed E-state index contributed by atoms with van der Waals surface area (Å²) in [6, 6.07) is 4.12. The lowest BCUT2D eigenvalue weighted by molar-refractivity contribution is -0.118. The molecule has 0 fully saturated rings. The Morgan fingerprint density at radius 3 is 2.86 bits per heavy atom. The summed E-state index contributed by atoms with van der Waals surface area (Å²) in [5, 5.41) is 14.2. The highest BCUT2D eigenvalue weighted by Gasteiger charge is 2.13. The van der Waals surface area contributed by atoms with Crippen molar-refractivity contribution in [3.8, 4) is 5.75 Å². The predicted molar refractivity (Wildman–Crippen MR) is 79.4 cm³/mol. The number of nitrogens with zero attached hydrogens (tertiary/aromatic N) is 1. The van der Waals surface area contributed by atoms with E-state index in [0.717, 1.165) is 5.69 Å². The lowest BCUT2D eigenvalue weighted by Crippen LogP contribution is -2.20. The van der Waals surface area contributed by atoms with Crippen molar-refractivity contribution in [2.45, 2.75) is 6.92 Å². The lowest BCUT2D eigenvalue weighted by atomic mass is 10.2. The zero-order chi connectivity index (χ0) is 15.4. The largest absolute Gasteiger partial charge is 0.483 e. The number of hydrogen-bond donors (Lipinski definition) is 2. The summed E-state index contributed by atoms with van der Waals surface area (Å²) < 4.78 is 5.22. The molecule has 0 aliphatic carbocycles. The second kappa shape index (κ2) is 6.55. The fourth-order valence-electron chi connectivity index (χ4n) is 1.50. The molecule has 0 bridgehead atoms. The number of halogens is 1. The SMILES string of the molecule is Cc1csc(NC(=O)COc2cc(Cl)ccc2C(=O)O)n1. The Morgan fingerprint density at radius 1 is 1.48 bits per heavy atom. The molecule has 0 aliphatic heterocycles. The Kier molecular flexibility index (Phi) is 4.77. The van der Waals surface area contributed by atoms with Crippen molar-refractivity contribution in [1.82, 2.24) is 4.98 Å². The molecular weight excluding hydrogens is 316 g/mol. The fraction of sp³-hybridized carbons (Fsp3) is 0.154. The molecule has 8 heteroatoms. The number of amides is 1. The number of carbonyl (C=O) groups is 2. The van der Waals surface area contributed by atoms with E-state index in [1.807, 2.05) is 6.92 Å². The van der Waals surface area contributed by atoms with E-state index in [2.05, 4.69) is 10.3 Å². The maximum atomic E-state index is 11.7. The average Bonchev–Trinajstić information content (AvgIpc) is 2.81. The average molecular weight is 327 g/mol. The highest BCUT2D eigenvalue weighted by Crippen LogP contribution is 2.23. The van der Waals surface area contributed by atoms with Crippen molar-refractivity contribution in [3.05, 3.63) is 39.9 Å². The van der Waals surface area contributed by atoms with Crippen LogP contribution in [0.4, 0.5) is 5.13 Å². The molecule has 2 N–H and O–H groups in total. The van der Waals surface area contributed by atoms with Crippen molar-refractivity contribution in [2.75, 3.05) is 11.9 Å². The molecule has 0 saturated heterocycles. The standard InChI is InChI=1S/C13H11ClN2O4S/c1-7-6-21-13(15-7)16-11(17)5-20-10-4-8(14)2-3-9(10)12(18)19/h2-4,6H,5H2,1H3,(H,18,19)(H,15,16,17). The summed E-state index contributed by atoms with van der Waals surface area (Å²) in [5.41, 5.74) is 0.747. The molecule has 1 heterocycles. The van der Waals surface area contributed by atoms with Crippen LogP contribution >= 0.6 is 22.9 Å². The minimum atomic E-state index is -1.15. The lowest BCUT2D eigenvalue weighted by Gasteiger charge is -2.09. The monoisotopic (exact) mass is 326 g/mol. The van der Waals surface area contributed by atoms with Gasteiger partial charge in [0, 0.05) is 10.4 Å². The fourth-order valence-corrected chi connectivity index (χ4v) is 2.37. The number of nitrogens with one attached hydrogen (secondary N) is 1. The number of ether oxygens (including phenoxy) is 1. The normalized spacial score (nSPS) is 10.2. The minimum absolute atomic E-state index is 0.0421. The Hall–Kier alpha value is -2.12. The number of hydrogen-bond acceptors (Lipinski definition) is 5. The van der Waals surface area contributed by atoms with Crippen LogP contribution < -0.4 is 10.1 Å². The Labute approximate surface area is 129 Å². The van der Waals surface area contributed by atoms with Crippen LogP contribution in [0.25, 0.3) is 0 Å². The second-order valence-corrected chi connectivity index (χ2v) is 5.37. The van der Waals surface area contributed by atoms with Gasteiger partial charge < -0.3 is 9.84 Å². The van der Waals surface area contributed by atoms with Gasteiger partial charge in [-0.2, -0.15) is 0 Å². The van der Waals surface area contributed by atoms with Gasteiger partial charge in [-0.1, -0.05) is 11.6 Å². The van der Waals surface area contributed by atoms with Gasteiger partial charge in [0.15, 0.2) is 11.7 Å². The topological polar surface area (TPSA) is 88.5 Å². The van der Waals surface area contributed by atoms with Crippen LogP contribution in [0.2, 0.25) is 5.02 Å². The summed E-state index contributed by atoms with van der Waals surface area (Å²) in [7, 11) is 0. The highest BCUT2D eigenvalue weighted by molar-refractivity contribution is 7.13. The van der Waals surface area contributed by atoms with Crippen molar-refractivity contribution in [1.29, 1.82) is 0 Å². The Bertz CT molecular complexity index is 687. The van der Waals surface area contributed by atoms with E-state index in [-0.39, 0.29) is 17.9 Å². The first kappa shape index (κ1) is 15.3. The van der Waals surface area contributed by atoms with Crippen LogP contribution in [0.3, 0.4) is 0 Å². The van der Waals surface area contributed by atoms with Crippen LogP contribution in [0.15, 0.2) is 23.6 Å². The summed E-state index contributed by atoms with van der Waals surface area (Å²) in [6.07, 6.45) is 0. The quantitative estimate of drug-likeness (QED) is 0.882. The maximum Gasteiger partial charge on any atom is 0.339 e. The number of thiazole rings is 1. The van der Waals surface area contributed by atoms with Crippen LogP contribution in [0.1, 0.15) is 16.1 Å². The van der Waals surface area contributed by atoms with Crippen molar-refractivity contribution in [3.63, 3.8) is 0 Å². The molecule has 2 rings (SSSR count). The highest BCUT2D eigenvalue weighted by atomic mass is 35.5. The molecule has 0 saturated carbocycles. The zero-order valence-electron chi connectivity index (χ0n) is 10.9. The molecule has 0 radical (unpaired) electrons. The summed E-state index contributed by atoms with van der Waals surface area (Å²) in [6.45, 7) is 1.48. The molecule has 1 aromatic carbocycles. The molecular formula is C13H11ClN2O4S. The van der Waals surface area contributed by atoms with Crippen molar-refractivity contribution >= 4 is 39.9 Å². The molecule has 1 amide bonds. The Morgan fingerprint density at radius 2 is 2.24 bits per heavy atom. The van der Waals surface area contributed by atoms with Gasteiger partial charge in [-0.15, -0.1) is 11.3 Å². The first-order chi connectivity index (χ1) is 9.95. The van der Waals surface area contributed by atoms with Gasteiger partial charge in [0.2, 0.25) is 0 Å². The smallest absolute Gasteiger partial charge is 0.339 e. The molecule has 1 aromatic heterocycles. The molecule has 2 aromatic rings. The maximum absolute atomic E-state index is 11.7. The van der Waals surface area contributed by atoms with Crippen molar-refractivity contribution < 1.29 is 19.4 Å². The first-order valence-electron chi connectivity index (χ1n) is 5.83. The molecule has 110 valence electrons.